The van der Waals surface area contributed by atoms with E-state index >= 15 is 0 Å². The summed E-state index contributed by atoms with van der Waals surface area (Å²) in [7, 11) is 0. The maximum absolute atomic E-state index is 12.3. The summed E-state index contributed by atoms with van der Waals surface area (Å²) in [4.78, 5) is 14.4. The highest BCUT2D eigenvalue weighted by atomic mass is 16.2. The fourth-order valence-electron chi connectivity index (χ4n) is 2.96. The van der Waals surface area contributed by atoms with Crippen LogP contribution in [0, 0.1) is 25.7 Å². The minimum atomic E-state index is 0.237. The Bertz CT molecular complexity index is 409. The number of carbonyl (C=O) groups is 1. The molecule has 1 aliphatic heterocycles. The molecule has 1 saturated heterocycles. The Kier molecular flexibility index (Phi) is 3.73. The van der Waals surface area contributed by atoms with E-state index in [0.29, 0.717) is 18.3 Å². The van der Waals surface area contributed by atoms with Crippen LogP contribution >= 0.6 is 0 Å². The number of amides is 1. The van der Waals surface area contributed by atoms with Crippen molar-refractivity contribution >= 4 is 5.91 Å². The van der Waals surface area contributed by atoms with Crippen molar-refractivity contribution in [3.63, 3.8) is 0 Å². The summed E-state index contributed by atoms with van der Waals surface area (Å²) in [6, 6.07) is 0. The second kappa shape index (κ2) is 5.12. The van der Waals surface area contributed by atoms with Crippen molar-refractivity contribution in [2.75, 3.05) is 13.1 Å². The van der Waals surface area contributed by atoms with Gasteiger partial charge in [0.2, 0.25) is 5.91 Å². The van der Waals surface area contributed by atoms with E-state index in [1.54, 1.807) is 0 Å². The Labute approximate surface area is 109 Å². The van der Waals surface area contributed by atoms with E-state index in [2.05, 4.69) is 24.0 Å². The zero-order chi connectivity index (χ0) is 13.3. The van der Waals surface area contributed by atoms with Crippen molar-refractivity contribution in [2.24, 2.45) is 11.8 Å². The second-order valence-corrected chi connectivity index (χ2v) is 5.83. The third kappa shape index (κ3) is 2.74. The normalized spacial score (nSPS) is 24.3. The quantitative estimate of drug-likeness (QED) is 0.872. The first kappa shape index (κ1) is 13.1. The molecule has 0 radical (unpaired) electrons. The number of carbonyl (C=O) groups excluding carboxylic acids is 1. The van der Waals surface area contributed by atoms with Gasteiger partial charge in [0.25, 0.3) is 0 Å². The molecule has 0 spiro atoms. The molecule has 100 valence electrons. The Hall–Kier alpha value is -1.32. The maximum Gasteiger partial charge on any atom is 0.227 e. The van der Waals surface area contributed by atoms with Crippen molar-refractivity contribution in [2.45, 2.75) is 40.5 Å². The number of aryl methyl sites for hydroxylation is 2. The Morgan fingerprint density at radius 3 is 2.44 bits per heavy atom. The van der Waals surface area contributed by atoms with E-state index in [-0.39, 0.29) is 5.91 Å². The highest BCUT2D eigenvalue weighted by Crippen LogP contribution is 2.22. The van der Waals surface area contributed by atoms with Crippen LogP contribution in [0.5, 0.6) is 0 Å². The number of aromatic nitrogens is 2. The van der Waals surface area contributed by atoms with Gasteiger partial charge in [-0.3, -0.25) is 9.89 Å². The molecule has 18 heavy (non-hydrogen) atoms. The monoisotopic (exact) mass is 249 g/mol. The fourth-order valence-corrected chi connectivity index (χ4v) is 2.96. The van der Waals surface area contributed by atoms with Gasteiger partial charge in [-0.05, 0) is 32.1 Å². The van der Waals surface area contributed by atoms with E-state index in [1.807, 2.05) is 18.7 Å². The lowest BCUT2D eigenvalue weighted by Gasteiger charge is -2.35. The summed E-state index contributed by atoms with van der Waals surface area (Å²) in [5, 5.41) is 7.09. The second-order valence-electron chi connectivity index (χ2n) is 5.83. The Morgan fingerprint density at radius 1 is 1.33 bits per heavy atom. The molecule has 2 unspecified atom stereocenters. The van der Waals surface area contributed by atoms with Crippen molar-refractivity contribution in [1.29, 1.82) is 0 Å². The van der Waals surface area contributed by atoms with E-state index in [1.165, 1.54) is 6.42 Å². The summed E-state index contributed by atoms with van der Waals surface area (Å²) in [5.74, 6) is 1.47. The lowest BCUT2D eigenvalue weighted by atomic mass is 9.91. The molecular formula is C14H23N3O. The van der Waals surface area contributed by atoms with E-state index in [9.17, 15) is 4.79 Å². The van der Waals surface area contributed by atoms with Gasteiger partial charge < -0.3 is 4.90 Å². The van der Waals surface area contributed by atoms with Crippen LogP contribution in [0.2, 0.25) is 0 Å². The van der Waals surface area contributed by atoms with Crippen molar-refractivity contribution in [3.05, 3.63) is 17.0 Å². The van der Waals surface area contributed by atoms with Crippen LogP contribution in [0.4, 0.5) is 0 Å². The lowest BCUT2D eigenvalue weighted by molar-refractivity contribution is -0.133. The van der Waals surface area contributed by atoms with Gasteiger partial charge in [0, 0.05) is 24.3 Å². The van der Waals surface area contributed by atoms with Gasteiger partial charge >= 0.3 is 0 Å². The molecule has 4 heteroatoms. The molecule has 0 aliphatic carbocycles. The lowest BCUT2D eigenvalue weighted by Crippen LogP contribution is -2.43. The van der Waals surface area contributed by atoms with Gasteiger partial charge in [-0.15, -0.1) is 0 Å². The number of hydrogen-bond donors (Lipinski definition) is 1. The number of nitrogens with zero attached hydrogens (tertiary/aromatic N) is 2. The summed E-state index contributed by atoms with van der Waals surface area (Å²) >= 11 is 0. The summed E-state index contributed by atoms with van der Waals surface area (Å²) in [6.45, 7) is 10.2. The third-order valence-corrected chi connectivity index (χ3v) is 3.83. The molecule has 1 fully saturated rings. The Morgan fingerprint density at radius 2 is 1.94 bits per heavy atom. The zero-order valence-corrected chi connectivity index (χ0v) is 11.8. The molecule has 1 aromatic rings. The maximum atomic E-state index is 12.3. The molecular weight excluding hydrogens is 226 g/mol. The van der Waals surface area contributed by atoms with Crippen LogP contribution in [0.1, 0.15) is 37.2 Å². The molecule has 1 aromatic heterocycles. The molecule has 0 bridgehead atoms. The van der Waals surface area contributed by atoms with Gasteiger partial charge in [0.1, 0.15) is 0 Å². The molecule has 2 atom stereocenters. The van der Waals surface area contributed by atoms with E-state index in [0.717, 1.165) is 30.0 Å². The number of aromatic amines is 1. The first-order valence-corrected chi connectivity index (χ1v) is 6.75. The van der Waals surface area contributed by atoms with Crippen LogP contribution in [0.25, 0.3) is 0 Å². The molecule has 1 N–H and O–H groups in total. The van der Waals surface area contributed by atoms with Gasteiger partial charge in [-0.2, -0.15) is 5.10 Å². The van der Waals surface area contributed by atoms with Crippen LogP contribution < -0.4 is 0 Å². The number of nitrogens with one attached hydrogen (secondary N) is 1. The van der Waals surface area contributed by atoms with Crippen LogP contribution in [-0.4, -0.2) is 34.1 Å². The average molecular weight is 249 g/mol. The Balaban J connectivity index is 2.04. The van der Waals surface area contributed by atoms with Gasteiger partial charge in [0.15, 0.2) is 0 Å². The largest absolute Gasteiger partial charge is 0.342 e. The molecule has 1 aliphatic rings. The third-order valence-electron chi connectivity index (χ3n) is 3.83. The smallest absolute Gasteiger partial charge is 0.227 e. The number of piperidine rings is 1. The standard InChI is InChI=1S/C14H23N3O/c1-9-5-10(2)8-17(7-9)14(18)6-13-11(3)15-16-12(13)4/h9-10H,5-8H2,1-4H3,(H,15,16). The molecule has 2 heterocycles. The number of likely N-dealkylation sites (tertiary alicyclic amines) is 1. The molecule has 4 nitrogen and oxygen atoms in total. The molecule has 1 amide bonds. The molecule has 0 saturated carbocycles. The average Bonchev–Trinajstić information content (AvgIpc) is 2.59. The fraction of sp³-hybridized carbons (Fsp3) is 0.714. The summed E-state index contributed by atoms with van der Waals surface area (Å²) < 4.78 is 0. The summed E-state index contributed by atoms with van der Waals surface area (Å²) in [6.07, 6.45) is 1.71. The van der Waals surface area contributed by atoms with Gasteiger partial charge in [0.05, 0.1) is 12.1 Å². The molecule has 0 aromatic carbocycles. The van der Waals surface area contributed by atoms with Crippen molar-refractivity contribution in [3.8, 4) is 0 Å². The predicted molar refractivity (Wildman–Crippen MR) is 71.3 cm³/mol. The zero-order valence-electron chi connectivity index (χ0n) is 11.8. The SMILES string of the molecule is Cc1n[nH]c(C)c1CC(=O)N1CC(C)CC(C)C1. The minimum Gasteiger partial charge on any atom is -0.342 e. The number of hydrogen-bond acceptors (Lipinski definition) is 2. The van der Waals surface area contributed by atoms with Crippen molar-refractivity contribution in [1.82, 2.24) is 15.1 Å². The minimum absolute atomic E-state index is 0.237. The molecule has 2 rings (SSSR count). The highest BCUT2D eigenvalue weighted by molar-refractivity contribution is 5.79. The van der Waals surface area contributed by atoms with Gasteiger partial charge in [-0.1, -0.05) is 13.8 Å². The highest BCUT2D eigenvalue weighted by Gasteiger charge is 2.26. The van der Waals surface area contributed by atoms with Crippen LogP contribution in [0.15, 0.2) is 0 Å². The summed E-state index contributed by atoms with van der Waals surface area (Å²) in [5.41, 5.74) is 3.02. The van der Waals surface area contributed by atoms with E-state index in [4.69, 9.17) is 0 Å². The van der Waals surface area contributed by atoms with Crippen LogP contribution in [-0.2, 0) is 11.2 Å². The topological polar surface area (TPSA) is 49.0 Å². The first-order valence-electron chi connectivity index (χ1n) is 6.75. The van der Waals surface area contributed by atoms with Gasteiger partial charge in [-0.25, -0.2) is 0 Å². The van der Waals surface area contributed by atoms with Crippen molar-refractivity contribution < 1.29 is 4.79 Å². The number of H-pyrrole nitrogens is 1. The first-order chi connectivity index (χ1) is 8.47. The number of rotatable bonds is 2. The van der Waals surface area contributed by atoms with Crippen LogP contribution in [0.3, 0.4) is 0 Å². The van der Waals surface area contributed by atoms with E-state index < -0.39 is 0 Å². The predicted octanol–water partition coefficient (Wildman–Crippen LogP) is 2.07.